The molecule has 0 aliphatic rings. The number of anilines is 1. The van der Waals surface area contributed by atoms with E-state index < -0.39 is 28.5 Å². The Morgan fingerprint density at radius 2 is 1.33 bits per heavy atom. The van der Waals surface area contributed by atoms with Crippen LogP contribution in [0.1, 0.15) is 37.0 Å². The maximum atomic E-state index is 14.4. The third kappa shape index (κ3) is 8.32. The molecule has 2 atom stereocenters. The quantitative estimate of drug-likeness (QED) is 0.213. The van der Waals surface area contributed by atoms with Crippen LogP contribution in [-0.2, 0) is 32.6 Å². The highest BCUT2D eigenvalue weighted by molar-refractivity contribution is 7.92. The van der Waals surface area contributed by atoms with Crippen molar-refractivity contribution in [3.05, 3.63) is 132 Å². The summed E-state index contributed by atoms with van der Waals surface area (Å²) in [5.74, 6) is -0.764. The fourth-order valence-electron chi connectivity index (χ4n) is 4.73. The molecule has 4 aromatic rings. The van der Waals surface area contributed by atoms with E-state index in [4.69, 9.17) is 0 Å². The second-order valence-electron chi connectivity index (χ2n) is 10.7. The van der Waals surface area contributed by atoms with Crippen LogP contribution in [0, 0.1) is 6.92 Å². The first kappa shape index (κ1) is 31.5. The first-order chi connectivity index (χ1) is 20.7. The molecule has 2 amide bonds. The van der Waals surface area contributed by atoms with E-state index in [1.54, 1.807) is 48.5 Å². The first-order valence-electron chi connectivity index (χ1n) is 14.5. The highest BCUT2D eigenvalue weighted by atomic mass is 32.2. The highest BCUT2D eigenvalue weighted by Crippen LogP contribution is 2.25. The molecule has 0 spiro atoms. The van der Waals surface area contributed by atoms with E-state index in [0.29, 0.717) is 5.69 Å². The van der Waals surface area contributed by atoms with E-state index in [1.165, 1.54) is 17.0 Å². The van der Waals surface area contributed by atoms with Crippen LogP contribution in [0.2, 0.25) is 0 Å². The molecule has 8 heteroatoms. The van der Waals surface area contributed by atoms with Crippen molar-refractivity contribution in [1.29, 1.82) is 0 Å². The lowest BCUT2D eigenvalue weighted by molar-refractivity contribution is -0.140. The van der Waals surface area contributed by atoms with Gasteiger partial charge in [-0.3, -0.25) is 13.9 Å². The van der Waals surface area contributed by atoms with Crippen molar-refractivity contribution in [2.24, 2.45) is 0 Å². The Labute approximate surface area is 255 Å². The molecule has 0 fully saturated rings. The summed E-state index contributed by atoms with van der Waals surface area (Å²) < 4.78 is 29.0. The molecule has 2 unspecified atom stereocenters. The minimum atomic E-state index is -4.10. The van der Waals surface area contributed by atoms with Crippen molar-refractivity contribution in [3.63, 3.8) is 0 Å². The van der Waals surface area contributed by atoms with Crippen molar-refractivity contribution in [2.75, 3.05) is 10.8 Å². The molecular weight excluding hydrogens is 558 g/mol. The molecule has 4 aromatic carbocycles. The fourth-order valence-corrected chi connectivity index (χ4v) is 6.16. The normalized spacial score (nSPS) is 12.6. The number of sulfonamides is 1. The van der Waals surface area contributed by atoms with Crippen LogP contribution in [0.3, 0.4) is 0 Å². The smallest absolute Gasteiger partial charge is 0.264 e. The Balaban J connectivity index is 1.78. The zero-order valence-electron chi connectivity index (χ0n) is 24.9. The zero-order chi connectivity index (χ0) is 30.8. The van der Waals surface area contributed by atoms with Gasteiger partial charge in [-0.25, -0.2) is 8.42 Å². The van der Waals surface area contributed by atoms with E-state index in [9.17, 15) is 18.0 Å². The van der Waals surface area contributed by atoms with Gasteiger partial charge in [0.25, 0.3) is 10.0 Å². The number of amides is 2. The van der Waals surface area contributed by atoms with Gasteiger partial charge in [0.1, 0.15) is 12.6 Å². The van der Waals surface area contributed by atoms with Crippen LogP contribution in [0.5, 0.6) is 0 Å². The Morgan fingerprint density at radius 1 is 0.767 bits per heavy atom. The van der Waals surface area contributed by atoms with Gasteiger partial charge in [0.05, 0.1) is 10.6 Å². The second kappa shape index (κ2) is 14.6. The van der Waals surface area contributed by atoms with Gasteiger partial charge in [-0.15, -0.1) is 0 Å². The molecule has 224 valence electrons. The average molecular weight is 598 g/mol. The summed E-state index contributed by atoms with van der Waals surface area (Å²) in [7, 11) is -4.10. The van der Waals surface area contributed by atoms with Gasteiger partial charge in [-0.1, -0.05) is 103 Å². The highest BCUT2D eigenvalue weighted by Gasteiger charge is 2.34. The first-order valence-corrected chi connectivity index (χ1v) is 15.9. The number of carbonyl (C=O) groups is 2. The molecular formula is C35H39N3O4S. The van der Waals surface area contributed by atoms with Crippen LogP contribution in [0.15, 0.2) is 120 Å². The molecule has 0 aliphatic heterocycles. The molecule has 0 aliphatic carbocycles. The summed E-state index contributed by atoms with van der Waals surface area (Å²) in [6.45, 7) is 5.55. The third-order valence-electron chi connectivity index (χ3n) is 7.40. The molecule has 0 saturated heterocycles. The minimum Gasteiger partial charge on any atom is -0.352 e. The largest absolute Gasteiger partial charge is 0.352 e. The van der Waals surface area contributed by atoms with Gasteiger partial charge in [0.15, 0.2) is 0 Å². The third-order valence-corrected chi connectivity index (χ3v) is 9.19. The van der Waals surface area contributed by atoms with E-state index in [0.717, 1.165) is 27.4 Å². The van der Waals surface area contributed by atoms with Gasteiger partial charge < -0.3 is 10.2 Å². The molecule has 1 N–H and O–H groups in total. The van der Waals surface area contributed by atoms with Crippen LogP contribution in [0.4, 0.5) is 5.69 Å². The Hall–Kier alpha value is -4.43. The van der Waals surface area contributed by atoms with Gasteiger partial charge in [0.2, 0.25) is 11.8 Å². The lowest BCUT2D eigenvalue weighted by Crippen LogP contribution is -2.54. The number of rotatable bonds is 13. The molecule has 0 saturated carbocycles. The number of hydrogen-bond donors (Lipinski definition) is 1. The number of benzene rings is 4. The van der Waals surface area contributed by atoms with Crippen molar-refractivity contribution in [2.45, 2.75) is 57.1 Å². The summed E-state index contributed by atoms with van der Waals surface area (Å²) >= 11 is 0. The standard InChI is InChI=1S/C35H39N3O4S/c1-4-28(3)36-35(40)33(24-29-14-8-5-9-15-29)37(25-30-22-20-27(2)21-23-30)34(39)26-38(31-16-10-6-11-17-31)43(41,42)32-18-12-7-13-19-32/h5-23,28,33H,4,24-26H2,1-3H3,(H,36,40). The maximum absolute atomic E-state index is 14.4. The Morgan fingerprint density at radius 3 is 1.91 bits per heavy atom. The van der Waals surface area contributed by atoms with Crippen LogP contribution < -0.4 is 9.62 Å². The predicted molar refractivity (Wildman–Crippen MR) is 171 cm³/mol. The van der Waals surface area contributed by atoms with Crippen molar-refractivity contribution < 1.29 is 18.0 Å². The SMILES string of the molecule is CCC(C)NC(=O)C(Cc1ccccc1)N(Cc1ccc(C)cc1)C(=O)CN(c1ccccc1)S(=O)(=O)c1ccccc1. The molecule has 7 nitrogen and oxygen atoms in total. The summed E-state index contributed by atoms with van der Waals surface area (Å²) in [5.41, 5.74) is 3.16. The topological polar surface area (TPSA) is 86.8 Å². The van der Waals surface area contributed by atoms with Crippen LogP contribution in [-0.4, -0.2) is 43.8 Å². The predicted octanol–water partition coefficient (Wildman–Crippen LogP) is 5.75. The zero-order valence-corrected chi connectivity index (χ0v) is 25.7. The van der Waals surface area contributed by atoms with Gasteiger partial charge in [-0.05, 0) is 55.7 Å². The number of nitrogens with zero attached hydrogens (tertiary/aromatic N) is 2. The Bertz CT molecular complexity index is 1580. The van der Waals surface area contributed by atoms with E-state index in [-0.39, 0.29) is 29.8 Å². The molecule has 0 bridgehead atoms. The van der Waals surface area contributed by atoms with Gasteiger partial charge in [0, 0.05) is 19.0 Å². The summed E-state index contributed by atoms with van der Waals surface area (Å²) in [5, 5.41) is 3.06. The number of nitrogens with one attached hydrogen (secondary N) is 1. The van der Waals surface area contributed by atoms with Crippen molar-refractivity contribution >= 4 is 27.5 Å². The van der Waals surface area contributed by atoms with E-state index >= 15 is 0 Å². The maximum Gasteiger partial charge on any atom is 0.264 e. The van der Waals surface area contributed by atoms with E-state index in [1.807, 2.05) is 75.4 Å². The van der Waals surface area contributed by atoms with Gasteiger partial charge >= 0.3 is 0 Å². The Kier molecular flexibility index (Phi) is 10.7. The monoisotopic (exact) mass is 597 g/mol. The number of carbonyl (C=O) groups excluding carboxylic acids is 2. The molecule has 0 heterocycles. The molecule has 0 radical (unpaired) electrons. The molecule has 0 aromatic heterocycles. The van der Waals surface area contributed by atoms with Crippen LogP contribution >= 0.6 is 0 Å². The summed E-state index contributed by atoms with van der Waals surface area (Å²) in [4.78, 5) is 29.8. The summed E-state index contributed by atoms with van der Waals surface area (Å²) in [6.07, 6.45) is 1.00. The average Bonchev–Trinajstić information content (AvgIpc) is 3.03. The van der Waals surface area contributed by atoms with Crippen molar-refractivity contribution in [1.82, 2.24) is 10.2 Å². The summed E-state index contributed by atoms with van der Waals surface area (Å²) in [6, 6.07) is 33.0. The number of para-hydroxylation sites is 1. The lowest BCUT2D eigenvalue weighted by Gasteiger charge is -2.34. The fraction of sp³-hybridized carbons (Fsp3) is 0.257. The van der Waals surface area contributed by atoms with Gasteiger partial charge in [-0.2, -0.15) is 0 Å². The molecule has 43 heavy (non-hydrogen) atoms. The minimum absolute atomic E-state index is 0.0760. The van der Waals surface area contributed by atoms with Crippen LogP contribution in [0.25, 0.3) is 0 Å². The molecule has 4 rings (SSSR count). The number of hydrogen-bond acceptors (Lipinski definition) is 4. The second-order valence-corrected chi connectivity index (χ2v) is 12.6. The van der Waals surface area contributed by atoms with Crippen molar-refractivity contribution in [3.8, 4) is 0 Å². The number of aryl methyl sites for hydroxylation is 1. The lowest BCUT2D eigenvalue weighted by atomic mass is 10.0. The van der Waals surface area contributed by atoms with E-state index in [2.05, 4.69) is 5.32 Å².